The predicted molar refractivity (Wildman–Crippen MR) is 85.7 cm³/mol. The Hall–Kier alpha value is -1.83. The van der Waals surface area contributed by atoms with Crippen LogP contribution in [0, 0.1) is 11.3 Å². The number of nitrogens with one attached hydrogen (secondary N) is 1. The lowest BCUT2D eigenvalue weighted by Crippen LogP contribution is -2.10. The van der Waals surface area contributed by atoms with E-state index < -0.39 is 0 Å². The molecule has 110 valence electrons. The van der Waals surface area contributed by atoms with Crippen molar-refractivity contribution in [3.8, 4) is 6.07 Å². The fourth-order valence-corrected chi connectivity index (χ4v) is 2.22. The highest BCUT2D eigenvalue weighted by Gasteiger charge is 2.09. The maximum absolute atomic E-state index is 9.24. The number of hydrogen-bond acceptors (Lipinski definition) is 4. The van der Waals surface area contributed by atoms with Gasteiger partial charge in [-0.2, -0.15) is 5.26 Å². The first-order valence-electron chi connectivity index (χ1n) is 6.95. The van der Waals surface area contributed by atoms with Crippen molar-refractivity contribution >= 4 is 28.2 Å². The van der Waals surface area contributed by atoms with E-state index in [-0.39, 0.29) is 6.10 Å². The quantitative estimate of drug-likeness (QED) is 0.820. The molecule has 0 spiro atoms. The molecule has 2 rings (SSSR count). The van der Waals surface area contributed by atoms with Crippen LogP contribution in [0.25, 0.3) is 10.9 Å². The highest BCUT2D eigenvalue weighted by atomic mass is 35.5. The summed E-state index contributed by atoms with van der Waals surface area (Å²) in [6.07, 6.45) is 2.69. The van der Waals surface area contributed by atoms with Crippen molar-refractivity contribution in [2.75, 3.05) is 18.5 Å². The van der Waals surface area contributed by atoms with Crippen molar-refractivity contribution < 1.29 is 4.74 Å². The van der Waals surface area contributed by atoms with Gasteiger partial charge < -0.3 is 10.1 Å². The topological polar surface area (TPSA) is 57.9 Å². The lowest BCUT2D eigenvalue weighted by molar-refractivity contribution is 0.0787. The standard InChI is InChI=1S/C16H18ClN3O/c1-11(2)21-7-3-6-19-16-12(9-18)10-20-15-5-4-13(17)8-14(15)16/h4-5,8,10-11H,3,6-7H2,1-2H3,(H,19,20). The smallest absolute Gasteiger partial charge is 0.103 e. The first-order chi connectivity index (χ1) is 10.1. The molecule has 4 nitrogen and oxygen atoms in total. The van der Waals surface area contributed by atoms with E-state index in [1.807, 2.05) is 26.0 Å². The molecule has 1 aromatic carbocycles. The SMILES string of the molecule is CC(C)OCCCNc1c(C#N)cnc2ccc(Cl)cc12. The minimum Gasteiger partial charge on any atom is -0.383 e. The minimum atomic E-state index is 0.236. The van der Waals surface area contributed by atoms with E-state index in [9.17, 15) is 5.26 Å². The van der Waals surface area contributed by atoms with E-state index in [2.05, 4.69) is 16.4 Å². The van der Waals surface area contributed by atoms with Crippen molar-refractivity contribution in [3.63, 3.8) is 0 Å². The van der Waals surface area contributed by atoms with Gasteiger partial charge >= 0.3 is 0 Å². The second-order valence-corrected chi connectivity index (χ2v) is 5.46. The summed E-state index contributed by atoms with van der Waals surface area (Å²) in [4.78, 5) is 4.28. The van der Waals surface area contributed by atoms with E-state index in [1.54, 1.807) is 12.3 Å². The fourth-order valence-electron chi connectivity index (χ4n) is 2.04. The monoisotopic (exact) mass is 303 g/mol. The summed E-state index contributed by atoms with van der Waals surface area (Å²) >= 11 is 6.05. The van der Waals surface area contributed by atoms with Gasteiger partial charge in [0.15, 0.2) is 0 Å². The molecule has 0 atom stereocenters. The molecule has 0 saturated heterocycles. The van der Waals surface area contributed by atoms with Crippen LogP contribution in [0.1, 0.15) is 25.8 Å². The van der Waals surface area contributed by atoms with E-state index in [4.69, 9.17) is 16.3 Å². The van der Waals surface area contributed by atoms with Gasteiger partial charge in [0.25, 0.3) is 0 Å². The number of nitrogens with zero attached hydrogens (tertiary/aromatic N) is 2. The Morgan fingerprint density at radius 3 is 2.95 bits per heavy atom. The zero-order valence-corrected chi connectivity index (χ0v) is 12.9. The second kappa shape index (κ2) is 7.26. The Kier molecular flexibility index (Phi) is 5.38. The van der Waals surface area contributed by atoms with Crippen LogP contribution in [0.5, 0.6) is 0 Å². The molecule has 0 unspecified atom stereocenters. The Morgan fingerprint density at radius 1 is 1.43 bits per heavy atom. The fraction of sp³-hybridized carbons (Fsp3) is 0.375. The third-order valence-corrected chi connectivity index (χ3v) is 3.26. The largest absolute Gasteiger partial charge is 0.383 e. The molecule has 0 amide bonds. The number of ether oxygens (including phenoxy) is 1. The molecule has 0 saturated carbocycles. The highest BCUT2D eigenvalue weighted by molar-refractivity contribution is 6.31. The number of fused-ring (bicyclic) bond motifs is 1. The van der Waals surface area contributed by atoms with Crippen LogP contribution >= 0.6 is 11.6 Å². The summed E-state index contributed by atoms with van der Waals surface area (Å²) in [7, 11) is 0. The molecule has 0 aliphatic heterocycles. The summed E-state index contributed by atoms with van der Waals surface area (Å²) < 4.78 is 5.50. The van der Waals surface area contributed by atoms with Gasteiger partial charge in [0.1, 0.15) is 6.07 Å². The lowest BCUT2D eigenvalue weighted by atomic mass is 10.1. The van der Waals surface area contributed by atoms with Gasteiger partial charge in [-0.25, -0.2) is 0 Å². The van der Waals surface area contributed by atoms with Crippen LogP contribution in [-0.2, 0) is 4.74 Å². The van der Waals surface area contributed by atoms with Gasteiger partial charge in [-0.15, -0.1) is 0 Å². The van der Waals surface area contributed by atoms with Crippen molar-refractivity contribution in [2.45, 2.75) is 26.4 Å². The molecule has 1 N–H and O–H groups in total. The average Bonchev–Trinajstić information content (AvgIpc) is 2.46. The van der Waals surface area contributed by atoms with Crippen LogP contribution in [0.3, 0.4) is 0 Å². The van der Waals surface area contributed by atoms with Crippen molar-refractivity contribution in [3.05, 3.63) is 35.0 Å². The van der Waals surface area contributed by atoms with Crippen LogP contribution in [0.4, 0.5) is 5.69 Å². The normalized spacial score (nSPS) is 10.8. The predicted octanol–water partition coefficient (Wildman–Crippen LogP) is 3.99. The molecule has 21 heavy (non-hydrogen) atoms. The molecular formula is C16H18ClN3O. The molecule has 0 fully saturated rings. The maximum Gasteiger partial charge on any atom is 0.103 e. The number of aromatic nitrogens is 1. The number of rotatable bonds is 6. The van der Waals surface area contributed by atoms with Crippen LogP contribution in [0.15, 0.2) is 24.4 Å². The molecule has 5 heteroatoms. The number of benzene rings is 1. The van der Waals surface area contributed by atoms with E-state index in [1.165, 1.54) is 0 Å². The van der Waals surface area contributed by atoms with E-state index in [0.717, 1.165) is 29.6 Å². The molecule has 1 heterocycles. The first kappa shape index (κ1) is 15.6. The van der Waals surface area contributed by atoms with Gasteiger partial charge in [-0.3, -0.25) is 4.98 Å². The average molecular weight is 304 g/mol. The summed E-state index contributed by atoms with van der Waals surface area (Å²) in [6.45, 7) is 5.45. The Balaban J connectivity index is 2.17. The number of anilines is 1. The van der Waals surface area contributed by atoms with Crippen molar-refractivity contribution in [1.29, 1.82) is 5.26 Å². The first-order valence-corrected chi connectivity index (χ1v) is 7.33. The Bertz CT molecular complexity index is 664. The van der Waals surface area contributed by atoms with Crippen LogP contribution in [0.2, 0.25) is 5.02 Å². The Labute approximate surface area is 129 Å². The zero-order valence-electron chi connectivity index (χ0n) is 12.2. The van der Waals surface area contributed by atoms with Crippen molar-refractivity contribution in [2.24, 2.45) is 0 Å². The van der Waals surface area contributed by atoms with Gasteiger partial charge in [0.05, 0.1) is 22.9 Å². The molecule has 2 aromatic rings. The van der Waals surface area contributed by atoms with Crippen LogP contribution < -0.4 is 5.32 Å². The summed E-state index contributed by atoms with van der Waals surface area (Å²) in [5.74, 6) is 0. The van der Waals surface area contributed by atoms with Crippen LogP contribution in [-0.4, -0.2) is 24.2 Å². The highest BCUT2D eigenvalue weighted by Crippen LogP contribution is 2.28. The minimum absolute atomic E-state index is 0.236. The molecule has 0 aliphatic rings. The molecule has 0 bridgehead atoms. The maximum atomic E-state index is 9.24. The second-order valence-electron chi connectivity index (χ2n) is 5.02. The van der Waals surface area contributed by atoms with Crippen molar-refractivity contribution in [1.82, 2.24) is 4.98 Å². The Morgan fingerprint density at radius 2 is 2.24 bits per heavy atom. The molecule has 1 aromatic heterocycles. The summed E-state index contributed by atoms with van der Waals surface area (Å²) in [5, 5.41) is 14.0. The number of pyridine rings is 1. The number of nitriles is 1. The number of halogens is 1. The zero-order chi connectivity index (χ0) is 15.2. The molecular weight excluding hydrogens is 286 g/mol. The van der Waals surface area contributed by atoms with Gasteiger partial charge in [-0.05, 0) is 38.5 Å². The van der Waals surface area contributed by atoms with E-state index in [0.29, 0.717) is 17.2 Å². The van der Waals surface area contributed by atoms with E-state index >= 15 is 0 Å². The van der Waals surface area contributed by atoms with Gasteiger partial charge in [0.2, 0.25) is 0 Å². The molecule has 0 radical (unpaired) electrons. The third-order valence-electron chi connectivity index (χ3n) is 3.02. The third kappa shape index (κ3) is 4.07. The summed E-state index contributed by atoms with van der Waals surface area (Å²) in [5.41, 5.74) is 2.13. The molecule has 0 aliphatic carbocycles. The van der Waals surface area contributed by atoms with Gasteiger partial charge in [-0.1, -0.05) is 11.6 Å². The van der Waals surface area contributed by atoms with Gasteiger partial charge in [0, 0.05) is 29.8 Å². The number of hydrogen-bond donors (Lipinski definition) is 1. The lowest BCUT2D eigenvalue weighted by Gasteiger charge is -2.12. The summed E-state index contributed by atoms with van der Waals surface area (Å²) in [6, 6.07) is 7.65.